The molecule has 745 valence electrons. The highest BCUT2D eigenvalue weighted by Gasteiger charge is 2.35. The molecule has 6 aliphatic heterocycles. The van der Waals surface area contributed by atoms with Gasteiger partial charge in [0, 0.05) is 141 Å². The van der Waals surface area contributed by atoms with Gasteiger partial charge < -0.3 is 44.2 Å². The zero-order valence-corrected chi connectivity index (χ0v) is 82.0. The van der Waals surface area contributed by atoms with Crippen LogP contribution in [0.1, 0.15) is 202 Å². The Hall–Kier alpha value is -10.7. The molecule has 27 heteroatoms. The van der Waals surface area contributed by atoms with Crippen LogP contribution in [0.5, 0.6) is 17.2 Å². The van der Waals surface area contributed by atoms with E-state index in [1.165, 1.54) is 72.1 Å². The fourth-order valence-electron chi connectivity index (χ4n) is 20.2. The maximum atomic E-state index is 12.0. The number of aryl methyl sites for hydroxylation is 1. The van der Waals surface area contributed by atoms with Gasteiger partial charge in [0.05, 0.1) is 82.7 Å². The summed E-state index contributed by atoms with van der Waals surface area (Å²) in [6.45, 7) is 11.3. The van der Waals surface area contributed by atoms with Gasteiger partial charge in [-0.2, -0.15) is 23.7 Å². The topological polar surface area (TPSA) is 221 Å². The van der Waals surface area contributed by atoms with Crippen molar-refractivity contribution in [3.05, 3.63) is 384 Å². The molecular formula is C114H136BCl6N12O7S. The molecule has 0 unspecified atom stereocenters. The molecule has 0 aliphatic carbocycles. The molecule has 0 bridgehead atoms. The van der Waals surface area contributed by atoms with Crippen LogP contribution in [0.2, 0.25) is 30.1 Å². The van der Waals surface area contributed by atoms with E-state index in [4.69, 9.17) is 73.8 Å². The largest absolute Gasteiger partial charge is 0.506 e. The summed E-state index contributed by atoms with van der Waals surface area (Å²) in [6.07, 6.45) is 13.7. The lowest BCUT2D eigenvalue weighted by atomic mass is 9.84. The minimum absolute atomic E-state index is 0. The first-order chi connectivity index (χ1) is 64.8. The third-order valence-electron chi connectivity index (χ3n) is 26.8. The van der Waals surface area contributed by atoms with E-state index < -0.39 is 10.1 Å². The van der Waals surface area contributed by atoms with Crippen molar-refractivity contribution in [3.63, 3.8) is 0 Å². The molecule has 3 aromatic heterocycles. The van der Waals surface area contributed by atoms with Gasteiger partial charge in [0.1, 0.15) is 11.5 Å². The fraction of sp³-hybridized carbons (Fsp3) is 0.325. The highest BCUT2D eigenvalue weighted by atomic mass is 35.5. The van der Waals surface area contributed by atoms with Crippen LogP contribution in [0.3, 0.4) is 0 Å². The Bertz CT molecular complexity index is 6800. The predicted octanol–water partition coefficient (Wildman–Crippen LogP) is 25.1. The quantitative estimate of drug-likeness (QED) is 0.0488. The summed E-state index contributed by atoms with van der Waals surface area (Å²) in [4.78, 5) is 35.1. The van der Waals surface area contributed by atoms with Crippen LogP contribution in [0.15, 0.2) is 243 Å². The first-order valence-electron chi connectivity index (χ1n) is 45.3. The Morgan fingerprint density at radius 1 is 0.383 bits per heavy atom. The number of phenolic OH excluding ortho intramolecular Hbond substituents is 2. The number of aromatic hydroxyl groups is 2. The molecule has 9 heterocycles. The first-order valence-corrected chi connectivity index (χ1v) is 49.4. The number of rotatable bonds is 10. The van der Waals surface area contributed by atoms with Crippen LogP contribution in [0, 0.1) is 0 Å². The number of aromatic amines is 2. The second-order valence-electron chi connectivity index (χ2n) is 35.8. The molecule has 19 nitrogen and oxygen atoms in total. The zero-order valence-electron chi connectivity index (χ0n) is 76.7. The normalized spacial score (nSPS) is 17.8. The van der Waals surface area contributed by atoms with Crippen LogP contribution in [-0.2, 0) is 55.7 Å². The van der Waals surface area contributed by atoms with Gasteiger partial charge in [0.25, 0.3) is 0 Å². The van der Waals surface area contributed by atoms with Gasteiger partial charge in [-0.05, 0) is 223 Å². The van der Waals surface area contributed by atoms with E-state index in [-0.39, 0.29) is 105 Å². The van der Waals surface area contributed by atoms with E-state index in [2.05, 4.69) is 229 Å². The molecule has 6 atom stereocenters. The standard InChI is InChI=1S/C19H20ClN3.C19H20ClNO4S.C18H18ClN3.C18H18ClNO2.C17H16ClN3.C17H18ClNO.6CH4.B.H2/c1-22-9-8-14-10-17(20)19-15(11-21-23(19)2)18(14)16(12-22)13-6-4-3-5-7-13;1-21-9-8-14-10-17(20)19(25-26(2,23)24)16(12-22)18(14)15(11-21)13-6-4-3-5-7-13;1-22-8-7-13-9-16(19)18-14(10-20-21-18)17(13)15(11-22)12-5-3-2-4-6-12;1-20-8-7-13-9-16(19)18(22)15(11-21)17(13)14(10-20)12-5-3-2-4-6-12;18-15-8-12-6-7-19-9-13(11-4-2-1-3-5-11)16(12)14-10-20-21-17(14)15;1-19-8-7-13-9-16(18)17(20)10-14(13)15(11-19)12-5-3-2-4-6-12;;;;;;;;/h3-7,10-11,16H,8-9,12H2,1-2H3;3-7,10,12,15H,8-9,11H2,1-2H3;2-6,9-10,15H,7-8,11H2,1H3,(H,20,21);2-6,9,11,14,22H,7-8,10H2,1H3;1-5,8,10,13,19H,6-7,9H2,(H,20,21);2-6,9-10,15,20H,7-8,11H2,1H3;6*1H4;;1H/t16-;2*15-;14-;13-;15-;;;;;;;;/m111111......../s1/i;;;;;;;;;;;;;1+1. The highest BCUT2D eigenvalue weighted by molar-refractivity contribution is 7.86. The van der Waals surface area contributed by atoms with E-state index in [1.54, 1.807) is 12.1 Å². The zero-order chi connectivity index (χ0) is 94.0. The lowest BCUT2D eigenvalue weighted by molar-refractivity contribution is 0.111. The van der Waals surface area contributed by atoms with Crippen molar-refractivity contribution in [2.75, 3.05) is 120 Å². The third kappa shape index (κ3) is 26.1. The van der Waals surface area contributed by atoms with Crippen molar-refractivity contribution in [2.24, 2.45) is 7.05 Å². The second kappa shape index (κ2) is 51.5. The maximum absolute atomic E-state index is 12.0. The van der Waals surface area contributed by atoms with Gasteiger partial charge in [-0.1, -0.05) is 296 Å². The Kier molecular flexibility index (Phi) is 41.6. The Morgan fingerprint density at radius 2 is 0.702 bits per heavy atom. The highest BCUT2D eigenvalue weighted by Crippen LogP contribution is 2.47. The summed E-state index contributed by atoms with van der Waals surface area (Å²) >= 11 is 37.8. The van der Waals surface area contributed by atoms with Crippen molar-refractivity contribution in [3.8, 4) is 17.2 Å². The number of aldehydes is 2. The van der Waals surface area contributed by atoms with E-state index in [0.29, 0.717) is 41.2 Å². The summed E-state index contributed by atoms with van der Waals surface area (Å²) < 4.78 is 30.3. The van der Waals surface area contributed by atoms with Crippen molar-refractivity contribution in [1.82, 2.24) is 60.0 Å². The number of aromatic nitrogens is 6. The molecule has 141 heavy (non-hydrogen) atoms. The lowest BCUT2D eigenvalue weighted by Crippen LogP contribution is -2.24. The average molecular weight is 2040 g/mol. The molecule has 12 aromatic carbocycles. The van der Waals surface area contributed by atoms with Crippen LogP contribution in [0.25, 0.3) is 32.7 Å². The van der Waals surface area contributed by atoms with E-state index in [1.807, 2.05) is 104 Å². The van der Waals surface area contributed by atoms with Crippen LogP contribution in [0.4, 0.5) is 0 Å². The monoisotopic (exact) mass is 2040 g/mol. The van der Waals surface area contributed by atoms with E-state index in [0.717, 1.165) is 199 Å². The lowest BCUT2D eigenvalue weighted by Gasteiger charge is -2.24. The molecule has 0 amide bonds. The SMILES string of the molecule is C.C.C.C.C.C.CN1CCc2cc(Cl)c(O)c(C=O)c2[C@@H](c2ccccc2)C1.CN1CCc2cc(Cl)c(O)cc2[C@@H](c2ccccc2)C1.CN1CCc2cc(Cl)c(OS(C)(=O)=O)c(C=O)c2[C@@H](c2ccccc2)C1.CN1CCc2cc(Cl)c3[nH]ncc3c2[C@@H](c2ccccc2)C1.CN1CCc2cc(Cl)c3c(cnn3C)c2[C@@H](c2ccccc2)C1.Clc1cc2c(c3cn[nH]c13)[C@@H](c1ccccc1)CNCC2.[2HH].[B]. The maximum Gasteiger partial charge on any atom is 0.306 e. The summed E-state index contributed by atoms with van der Waals surface area (Å²) in [7, 11) is 8.77. The molecule has 0 spiro atoms. The average Bonchev–Trinajstić information content (AvgIpc) is 1.67. The number of nitrogens with zero attached hydrogens (tertiary/aromatic N) is 9. The summed E-state index contributed by atoms with van der Waals surface area (Å²) in [5, 5.41) is 49.3. The number of hydrogen-bond acceptors (Lipinski definition) is 16. The number of phenols is 2. The molecule has 0 saturated heterocycles. The first kappa shape index (κ1) is 114. The third-order valence-corrected chi connectivity index (χ3v) is 29.0. The summed E-state index contributed by atoms with van der Waals surface area (Å²) in [6, 6.07) is 76.2. The van der Waals surface area contributed by atoms with Gasteiger partial charge in [0.2, 0.25) is 0 Å². The molecule has 21 rings (SSSR count). The van der Waals surface area contributed by atoms with Crippen molar-refractivity contribution < 1.29 is 33.8 Å². The smallest absolute Gasteiger partial charge is 0.306 e. The number of carbonyl (C=O) groups excluding carboxylic acids is 2. The Morgan fingerprint density at radius 3 is 1.11 bits per heavy atom. The molecular weight excluding hydrogens is 1900 g/mol. The molecule has 0 fully saturated rings. The number of H-pyrrole nitrogens is 2. The fourth-order valence-corrected chi connectivity index (χ4v) is 22.4. The van der Waals surface area contributed by atoms with Crippen molar-refractivity contribution in [2.45, 2.75) is 119 Å². The Balaban J connectivity index is 0.000000206. The number of hydrogen-bond donors (Lipinski definition) is 5. The van der Waals surface area contributed by atoms with Gasteiger partial charge in [-0.15, -0.1) is 0 Å². The molecule has 6 aliphatic rings. The molecule has 15 aromatic rings. The number of carbonyl (C=O) groups is 2. The molecule has 3 radical (unpaired) electrons. The number of fused-ring (bicyclic) bond motifs is 12. The number of nitrogens with one attached hydrogen (secondary N) is 3. The predicted molar refractivity (Wildman–Crippen MR) is 592 cm³/mol. The minimum Gasteiger partial charge on any atom is -0.506 e. The van der Waals surface area contributed by atoms with Crippen LogP contribution in [-0.4, -0.2) is 214 Å². The van der Waals surface area contributed by atoms with Crippen LogP contribution >= 0.6 is 69.6 Å². The van der Waals surface area contributed by atoms with Gasteiger partial charge in [-0.25, -0.2) is 0 Å². The minimum atomic E-state index is -3.81. The van der Waals surface area contributed by atoms with E-state index in [9.17, 15) is 28.2 Å². The summed E-state index contributed by atoms with van der Waals surface area (Å²) in [5.41, 5.74) is 25.3. The van der Waals surface area contributed by atoms with Gasteiger partial charge in [0.15, 0.2) is 18.3 Å². The van der Waals surface area contributed by atoms with Crippen LogP contribution < -0.4 is 9.50 Å². The Labute approximate surface area is 868 Å². The molecule has 5 N–H and O–H groups in total. The van der Waals surface area contributed by atoms with Crippen molar-refractivity contribution >= 4 is 133 Å². The summed E-state index contributed by atoms with van der Waals surface area (Å²) in [5.74, 6) is 1.25. The van der Waals surface area contributed by atoms with Gasteiger partial charge in [-0.3, -0.25) is 24.5 Å². The number of benzene rings is 12. The molecule has 0 saturated carbocycles. The van der Waals surface area contributed by atoms with E-state index >= 15 is 0 Å². The number of likely N-dealkylation sites (N-methyl/N-ethyl adjacent to an activating group) is 5. The second-order valence-corrected chi connectivity index (χ2v) is 39.8. The van der Waals surface area contributed by atoms with Crippen molar-refractivity contribution in [1.29, 1.82) is 0 Å². The van der Waals surface area contributed by atoms with Gasteiger partial charge >= 0.3 is 10.1 Å². The number of halogens is 6.